The zero-order valence-corrected chi connectivity index (χ0v) is 8.97. The number of amides is 1. The molecule has 1 unspecified atom stereocenters. The molecule has 1 amide bonds. The summed E-state index contributed by atoms with van der Waals surface area (Å²) in [5.74, 6) is 2.38. The normalized spacial score (nSPS) is 14.1. The Kier molecular flexibility index (Phi) is 5.98. The van der Waals surface area contributed by atoms with Gasteiger partial charge in [0.1, 0.15) is 0 Å². The predicted octanol–water partition coefficient (Wildman–Crippen LogP) is 1.07. The molecule has 0 aromatic rings. The Labute approximate surface area is 85.9 Å². The van der Waals surface area contributed by atoms with Gasteiger partial charge in [-0.3, -0.25) is 4.79 Å². The monoisotopic (exact) mass is 197 g/mol. The lowest BCUT2D eigenvalue weighted by Gasteiger charge is -2.28. The highest BCUT2D eigenvalue weighted by Gasteiger charge is 2.22. The Balaban J connectivity index is 4.04. The highest BCUT2D eigenvalue weighted by Crippen LogP contribution is 2.13. The van der Waals surface area contributed by atoms with Gasteiger partial charge in [0.05, 0.1) is 0 Å². The standard InChI is InChI=1S/C11H19NO2/c1-4-6-7-10(14)12-11(3,5-2)8-9-13/h1,13H,5-9H2,2-3H3,(H,12,14). The van der Waals surface area contributed by atoms with E-state index in [4.69, 9.17) is 11.5 Å². The third-order valence-corrected chi connectivity index (χ3v) is 2.38. The minimum absolute atomic E-state index is 0.0410. The number of carbonyl (C=O) groups is 1. The van der Waals surface area contributed by atoms with E-state index in [1.807, 2.05) is 13.8 Å². The van der Waals surface area contributed by atoms with Crippen LogP contribution in [0.5, 0.6) is 0 Å². The molecule has 0 aliphatic carbocycles. The van der Waals surface area contributed by atoms with Crippen molar-refractivity contribution >= 4 is 5.91 Å². The van der Waals surface area contributed by atoms with Crippen molar-refractivity contribution in [3.05, 3.63) is 0 Å². The van der Waals surface area contributed by atoms with Crippen LogP contribution in [0.4, 0.5) is 0 Å². The Morgan fingerprint density at radius 3 is 2.71 bits per heavy atom. The van der Waals surface area contributed by atoms with Gasteiger partial charge in [-0.1, -0.05) is 6.92 Å². The van der Waals surface area contributed by atoms with Gasteiger partial charge in [0.15, 0.2) is 0 Å². The lowest BCUT2D eigenvalue weighted by atomic mass is 9.94. The van der Waals surface area contributed by atoms with E-state index in [-0.39, 0.29) is 18.1 Å². The van der Waals surface area contributed by atoms with Crippen molar-refractivity contribution in [3.8, 4) is 12.3 Å². The average Bonchev–Trinajstić information content (AvgIpc) is 2.15. The minimum Gasteiger partial charge on any atom is -0.396 e. The second kappa shape index (κ2) is 6.44. The fourth-order valence-electron chi connectivity index (χ4n) is 1.16. The highest BCUT2D eigenvalue weighted by molar-refractivity contribution is 5.76. The fraction of sp³-hybridized carbons (Fsp3) is 0.727. The van der Waals surface area contributed by atoms with E-state index in [1.54, 1.807) is 0 Å². The van der Waals surface area contributed by atoms with Crippen LogP contribution in [-0.2, 0) is 4.79 Å². The smallest absolute Gasteiger partial charge is 0.221 e. The Morgan fingerprint density at radius 2 is 2.29 bits per heavy atom. The maximum Gasteiger partial charge on any atom is 0.221 e. The number of hydrogen-bond acceptors (Lipinski definition) is 2. The molecule has 0 aromatic carbocycles. The van der Waals surface area contributed by atoms with E-state index in [2.05, 4.69) is 11.2 Å². The van der Waals surface area contributed by atoms with Gasteiger partial charge in [-0.05, 0) is 19.8 Å². The van der Waals surface area contributed by atoms with Crippen molar-refractivity contribution in [1.29, 1.82) is 0 Å². The molecule has 80 valence electrons. The summed E-state index contributed by atoms with van der Waals surface area (Å²) < 4.78 is 0. The molecule has 0 bridgehead atoms. The van der Waals surface area contributed by atoms with Gasteiger partial charge in [0.2, 0.25) is 5.91 Å². The molecule has 0 rings (SSSR count). The van der Waals surface area contributed by atoms with Crippen molar-refractivity contribution < 1.29 is 9.90 Å². The van der Waals surface area contributed by atoms with E-state index in [9.17, 15) is 4.79 Å². The molecular weight excluding hydrogens is 178 g/mol. The van der Waals surface area contributed by atoms with Crippen molar-refractivity contribution in [2.75, 3.05) is 6.61 Å². The molecule has 0 aliphatic heterocycles. The average molecular weight is 197 g/mol. The molecule has 2 N–H and O–H groups in total. The van der Waals surface area contributed by atoms with Crippen LogP contribution < -0.4 is 5.32 Å². The SMILES string of the molecule is C#CCCC(=O)NC(C)(CC)CCO. The largest absolute Gasteiger partial charge is 0.396 e. The van der Waals surface area contributed by atoms with Gasteiger partial charge >= 0.3 is 0 Å². The van der Waals surface area contributed by atoms with E-state index < -0.39 is 0 Å². The summed E-state index contributed by atoms with van der Waals surface area (Å²) >= 11 is 0. The van der Waals surface area contributed by atoms with Gasteiger partial charge in [-0.15, -0.1) is 12.3 Å². The molecule has 0 fully saturated rings. The lowest BCUT2D eigenvalue weighted by Crippen LogP contribution is -2.46. The number of carbonyl (C=O) groups excluding carboxylic acids is 1. The van der Waals surface area contributed by atoms with Crippen molar-refractivity contribution in [1.82, 2.24) is 5.32 Å². The van der Waals surface area contributed by atoms with Crippen LogP contribution in [0.2, 0.25) is 0 Å². The minimum atomic E-state index is -0.305. The van der Waals surface area contributed by atoms with Crippen LogP contribution in [-0.4, -0.2) is 23.2 Å². The molecule has 14 heavy (non-hydrogen) atoms. The van der Waals surface area contributed by atoms with Gasteiger partial charge in [0.25, 0.3) is 0 Å². The molecule has 0 heterocycles. The number of rotatable bonds is 6. The summed E-state index contributed by atoms with van der Waals surface area (Å²) in [5.41, 5.74) is -0.305. The second-order valence-electron chi connectivity index (χ2n) is 3.64. The Hall–Kier alpha value is -1.01. The van der Waals surface area contributed by atoms with Crippen LogP contribution in [0.1, 0.15) is 39.5 Å². The van der Waals surface area contributed by atoms with Crippen LogP contribution in [0.25, 0.3) is 0 Å². The van der Waals surface area contributed by atoms with Gasteiger partial charge in [0, 0.05) is 25.0 Å². The number of terminal acetylenes is 1. The third-order valence-electron chi connectivity index (χ3n) is 2.38. The molecule has 1 atom stereocenters. The molecule has 0 radical (unpaired) electrons. The van der Waals surface area contributed by atoms with Gasteiger partial charge < -0.3 is 10.4 Å². The maximum atomic E-state index is 11.4. The molecule has 0 spiro atoms. The van der Waals surface area contributed by atoms with Crippen LogP contribution in [0.3, 0.4) is 0 Å². The number of aliphatic hydroxyl groups is 1. The fourth-order valence-corrected chi connectivity index (χ4v) is 1.16. The first-order chi connectivity index (χ1) is 6.58. The predicted molar refractivity (Wildman–Crippen MR) is 56.6 cm³/mol. The highest BCUT2D eigenvalue weighted by atomic mass is 16.3. The lowest BCUT2D eigenvalue weighted by molar-refractivity contribution is -0.123. The topological polar surface area (TPSA) is 49.3 Å². The van der Waals surface area contributed by atoms with E-state index in [0.29, 0.717) is 19.3 Å². The summed E-state index contributed by atoms with van der Waals surface area (Å²) in [6.07, 6.45) is 7.26. The first-order valence-corrected chi connectivity index (χ1v) is 4.93. The summed E-state index contributed by atoms with van der Waals surface area (Å²) in [5, 5.41) is 11.7. The first-order valence-electron chi connectivity index (χ1n) is 4.93. The number of aliphatic hydroxyl groups excluding tert-OH is 1. The Bertz CT molecular complexity index is 220. The molecule has 0 saturated heterocycles. The first kappa shape index (κ1) is 13.0. The summed E-state index contributed by atoms with van der Waals surface area (Å²) in [7, 11) is 0. The van der Waals surface area contributed by atoms with Crippen LogP contribution in [0.15, 0.2) is 0 Å². The molecule has 3 heteroatoms. The van der Waals surface area contributed by atoms with Gasteiger partial charge in [-0.2, -0.15) is 0 Å². The van der Waals surface area contributed by atoms with Crippen molar-refractivity contribution in [3.63, 3.8) is 0 Å². The zero-order valence-electron chi connectivity index (χ0n) is 8.97. The van der Waals surface area contributed by atoms with Gasteiger partial charge in [-0.25, -0.2) is 0 Å². The maximum absolute atomic E-state index is 11.4. The van der Waals surface area contributed by atoms with Crippen LogP contribution in [0, 0.1) is 12.3 Å². The zero-order chi connectivity index (χ0) is 11.0. The Morgan fingerprint density at radius 1 is 1.64 bits per heavy atom. The second-order valence-corrected chi connectivity index (χ2v) is 3.64. The molecular formula is C11H19NO2. The molecule has 3 nitrogen and oxygen atoms in total. The summed E-state index contributed by atoms with van der Waals surface area (Å²) in [6, 6.07) is 0. The summed E-state index contributed by atoms with van der Waals surface area (Å²) in [6.45, 7) is 3.99. The molecule has 0 saturated carbocycles. The quantitative estimate of drug-likeness (QED) is 0.626. The molecule has 0 aromatic heterocycles. The number of hydrogen-bond donors (Lipinski definition) is 2. The van der Waals surface area contributed by atoms with Crippen molar-refractivity contribution in [2.45, 2.75) is 45.1 Å². The van der Waals surface area contributed by atoms with E-state index >= 15 is 0 Å². The van der Waals surface area contributed by atoms with Crippen molar-refractivity contribution in [2.24, 2.45) is 0 Å². The third kappa shape index (κ3) is 4.88. The van der Waals surface area contributed by atoms with E-state index in [0.717, 1.165) is 6.42 Å². The molecule has 0 aliphatic rings. The van der Waals surface area contributed by atoms with Crippen LogP contribution >= 0.6 is 0 Å². The number of nitrogens with one attached hydrogen (secondary N) is 1. The summed E-state index contributed by atoms with van der Waals surface area (Å²) in [4.78, 5) is 11.4. The van der Waals surface area contributed by atoms with E-state index in [1.165, 1.54) is 0 Å².